The molecule has 3 nitrogen and oxygen atoms in total. The molecule has 0 saturated carbocycles. The Hall–Kier alpha value is -2.55. The lowest BCUT2D eigenvalue weighted by atomic mass is 9.95. The maximum atomic E-state index is 10.7. The summed E-state index contributed by atoms with van der Waals surface area (Å²) < 4.78 is 5.03. The van der Waals surface area contributed by atoms with Gasteiger partial charge in [-0.25, -0.2) is 4.79 Å². The minimum absolute atomic E-state index is 0.00936. The largest absolute Gasteiger partial charge is 0.502 e. The SMILES string of the molecule is C=C(CCC(=C)C(=C)CCC(=C)C(=C)/C=C\C(=C)C(=O)O)OC. The molecule has 0 aromatic rings. The van der Waals surface area contributed by atoms with Gasteiger partial charge in [0.1, 0.15) is 0 Å². The maximum Gasteiger partial charge on any atom is 0.335 e. The van der Waals surface area contributed by atoms with E-state index >= 15 is 0 Å². The molecule has 0 aliphatic rings. The van der Waals surface area contributed by atoms with Crippen molar-refractivity contribution in [2.75, 3.05) is 7.11 Å². The molecule has 0 bridgehead atoms. The number of carboxylic acids is 1. The highest BCUT2D eigenvalue weighted by Crippen LogP contribution is 2.23. The molecule has 0 heterocycles. The Kier molecular flexibility index (Phi) is 9.09. The van der Waals surface area contributed by atoms with Crippen molar-refractivity contribution in [2.24, 2.45) is 0 Å². The number of hydrogen-bond donors (Lipinski definition) is 1. The topological polar surface area (TPSA) is 46.5 Å². The number of ether oxygens (including phenoxy) is 1. The van der Waals surface area contributed by atoms with Gasteiger partial charge in [-0.2, -0.15) is 0 Å². The molecule has 0 aromatic carbocycles. The predicted octanol–water partition coefficient (Wildman–Crippen LogP) is 5.13. The molecular weight excluding hydrogens is 288 g/mol. The van der Waals surface area contributed by atoms with Crippen molar-refractivity contribution in [1.29, 1.82) is 0 Å². The van der Waals surface area contributed by atoms with Gasteiger partial charge in [0.05, 0.1) is 18.4 Å². The minimum Gasteiger partial charge on any atom is -0.502 e. The molecule has 0 fully saturated rings. The molecule has 0 rings (SSSR count). The Morgan fingerprint density at radius 1 is 0.826 bits per heavy atom. The molecule has 3 heteroatoms. The van der Waals surface area contributed by atoms with Gasteiger partial charge in [-0.1, -0.05) is 56.7 Å². The molecule has 0 unspecified atom stereocenters. The molecule has 124 valence electrons. The lowest BCUT2D eigenvalue weighted by molar-refractivity contribution is -0.132. The molecule has 0 aliphatic carbocycles. The van der Waals surface area contributed by atoms with Gasteiger partial charge < -0.3 is 9.84 Å². The van der Waals surface area contributed by atoms with E-state index < -0.39 is 5.97 Å². The van der Waals surface area contributed by atoms with Gasteiger partial charge in [-0.15, -0.1) is 0 Å². The van der Waals surface area contributed by atoms with Crippen molar-refractivity contribution in [3.63, 3.8) is 0 Å². The number of hydrogen-bond acceptors (Lipinski definition) is 2. The average molecular weight is 314 g/mol. The average Bonchev–Trinajstić information content (AvgIpc) is 2.53. The van der Waals surface area contributed by atoms with Crippen LogP contribution in [0.5, 0.6) is 0 Å². The van der Waals surface area contributed by atoms with Crippen molar-refractivity contribution in [1.82, 2.24) is 0 Å². The van der Waals surface area contributed by atoms with Crippen LogP contribution < -0.4 is 0 Å². The quantitative estimate of drug-likeness (QED) is 0.308. The van der Waals surface area contributed by atoms with E-state index in [-0.39, 0.29) is 5.57 Å². The van der Waals surface area contributed by atoms with E-state index in [1.165, 1.54) is 6.08 Å². The third kappa shape index (κ3) is 8.47. The zero-order valence-corrected chi connectivity index (χ0v) is 14.0. The Bertz CT molecular complexity index is 574. The van der Waals surface area contributed by atoms with Crippen molar-refractivity contribution < 1.29 is 14.6 Å². The summed E-state index contributed by atoms with van der Waals surface area (Å²) in [5.41, 5.74) is 3.45. The van der Waals surface area contributed by atoms with E-state index in [4.69, 9.17) is 9.84 Å². The fourth-order valence-corrected chi connectivity index (χ4v) is 1.60. The van der Waals surface area contributed by atoms with Crippen molar-refractivity contribution >= 4 is 5.97 Å². The fraction of sp³-hybridized carbons (Fsp3) is 0.250. The lowest BCUT2D eigenvalue weighted by Gasteiger charge is -2.11. The number of rotatable bonds is 12. The first-order valence-corrected chi connectivity index (χ1v) is 7.24. The Labute approximate surface area is 139 Å². The number of carboxylic acid groups (broad SMARTS) is 1. The molecule has 0 aliphatic heterocycles. The Morgan fingerprint density at radius 2 is 1.26 bits per heavy atom. The standard InChI is InChI=1S/C20H26O3/c1-14(16(3)10-11-18(5)20(21)22)8-9-15(2)17(4)12-13-19(6)23-7/h10-11H,1-6,8-9,12-13H2,7H3,(H,21,22)/b11-10-. The first-order chi connectivity index (χ1) is 10.7. The zero-order valence-electron chi connectivity index (χ0n) is 14.0. The molecule has 0 aromatic heterocycles. The maximum absolute atomic E-state index is 10.7. The second-order valence-electron chi connectivity index (χ2n) is 5.24. The third-order valence-electron chi connectivity index (χ3n) is 3.44. The third-order valence-corrected chi connectivity index (χ3v) is 3.44. The van der Waals surface area contributed by atoms with E-state index in [1.807, 2.05) is 0 Å². The summed E-state index contributed by atoms with van der Waals surface area (Å²) in [6.07, 6.45) is 5.92. The van der Waals surface area contributed by atoms with Crippen molar-refractivity contribution in [2.45, 2.75) is 25.7 Å². The summed E-state index contributed by atoms with van der Waals surface area (Å²) in [6.45, 7) is 23.1. The van der Waals surface area contributed by atoms with Gasteiger partial charge in [-0.05, 0) is 36.5 Å². The van der Waals surface area contributed by atoms with Gasteiger partial charge in [0.15, 0.2) is 0 Å². The van der Waals surface area contributed by atoms with Crippen LogP contribution in [-0.4, -0.2) is 18.2 Å². The molecular formula is C20H26O3. The van der Waals surface area contributed by atoms with Gasteiger partial charge in [0.2, 0.25) is 0 Å². The van der Waals surface area contributed by atoms with Gasteiger partial charge in [-0.3, -0.25) is 0 Å². The van der Waals surface area contributed by atoms with Crippen LogP contribution in [0, 0.1) is 0 Å². The van der Waals surface area contributed by atoms with E-state index in [9.17, 15) is 4.79 Å². The van der Waals surface area contributed by atoms with Crippen LogP contribution in [0.4, 0.5) is 0 Å². The van der Waals surface area contributed by atoms with Crippen LogP contribution in [0.3, 0.4) is 0 Å². The van der Waals surface area contributed by atoms with Crippen LogP contribution in [0.2, 0.25) is 0 Å². The van der Waals surface area contributed by atoms with Crippen LogP contribution in [-0.2, 0) is 9.53 Å². The summed E-state index contributed by atoms with van der Waals surface area (Å²) in [5, 5.41) is 8.74. The first-order valence-electron chi connectivity index (χ1n) is 7.24. The van der Waals surface area contributed by atoms with Gasteiger partial charge in [0.25, 0.3) is 0 Å². The lowest BCUT2D eigenvalue weighted by Crippen LogP contribution is -1.96. The highest BCUT2D eigenvalue weighted by atomic mass is 16.5. The normalized spacial score (nSPS) is 10.1. The van der Waals surface area contributed by atoms with Crippen LogP contribution in [0.15, 0.2) is 85.3 Å². The van der Waals surface area contributed by atoms with Crippen molar-refractivity contribution in [3.05, 3.63) is 85.3 Å². The molecule has 0 amide bonds. The van der Waals surface area contributed by atoms with E-state index in [0.717, 1.165) is 41.7 Å². The Balaban J connectivity index is 4.32. The van der Waals surface area contributed by atoms with Crippen molar-refractivity contribution in [3.8, 4) is 0 Å². The monoisotopic (exact) mass is 314 g/mol. The summed E-state index contributed by atoms with van der Waals surface area (Å²) in [4.78, 5) is 10.7. The minimum atomic E-state index is -1.05. The molecule has 0 spiro atoms. The Morgan fingerprint density at radius 3 is 1.74 bits per heavy atom. The second kappa shape index (κ2) is 10.2. The predicted molar refractivity (Wildman–Crippen MR) is 97.1 cm³/mol. The highest BCUT2D eigenvalue weighted by Gasteiger charge is 2.05. The summed E-state index contributed by atoms with van der Waals surface area (Å²) in [6, 6.07) is 0. The molecule has 0 radical (unpaired) electrons. The zero-order chi connectivity index (χ0) is 18.0. The van der Waals surface area contributed by atoms with Crippen LogP contribution >= 0.6 is 0 Å². The van der Waals surface area contributed by atoms with Gasteiger partial charge >= 0.3 is 5.97 Å². The smallest absolute Gasteiger partial charge is 0.335 e. The molecule has 0 saturated heterocycles. The summed E-state index contributed by atoms with van der Waals surface area (Å²) in [7, 11) is 1.60. The molecule has 23 heavy (non-hydrogen) atoms. The van der Waals surface area contributed by atoms with E-state index in [1.54, 1.807) is 13.2 Å². The number of methoxy groups -OCH3 is 1. The van der Waals surface area contributed by atoms with Gasteiger partial charge in [0, 0.05) is 6.42 Å². The number of aliphatic carboxylic acids is 1. The molecule has 1 N–H and O–H groups in total. The highest BCUT2D eigenvalue weighted by molar-refractivity contribution is 5.89. The van der Waals surface area contributed by atoms with E-state index in [2.05, 4.69) is 39.5 Å². The van der Waals surface area contributed by atoms with Crippen LogP contribution in [0.1, 0.15) is 25.7 Å². The first kappa shape index (κ1) is 20.5. The summed E-state index contributed by atoms with van der Waals surface area (Å²) in [5.74, 6) is -0.331. The summed E-state index contributed by atoms with van der Waals surface area (Å²) >= 11 is 0. The second-order valence-corrected chi connectivity index (χ2v) is 5.24. The van der Waals surface area contributed by atoms with Crippen LogP contribution in [0.25, 0.3) is 0 Å². The number of allylic oxidation sites excluding steroid dienone is 6. The fourth-order valence-electron chi connectivity index (χ4n) is 1.60. The van der Waals surface area contributed by atoms with E-state index in [0.29, 0.717) is 12.0 Å². The number of carbonyl (C=O) groups is 1. The molecule has 0 atom stereocenters.